The van der Waals surface area contributed by atoms with Crippen LogP contribution in [0.4, 0.5) is 5.69 Å². The summed E-state index contributed by atoms with van der Waals surface area (Å²) >= 11 is 0. The van der Waals surface area contributed by atoms with Gasteiger partial charge in [-0.1, -0.05) is 12.1 Å². The van der Waals surface area contributed by atoms with Gasteiger partial charge in [0.15, 0.2) is 5.75 Å². The predicted molar refractivity (Wildman–Crippen MR) is 82.0 cm³/mol. The van der Waals surface area contributed by atoms with E-state index in [1.165, 1.54) is 12.1 Å². The van der Waals surface area contributed by atoms with E-state index in [9.17, 15) is 14.9 Å². The number of para-hydroxylation sites is 2. The number of nitrogens with zero attached hydrogens (tertiary/aromatic N) is 2. The van der Waals surface area contributed by atoms with Gasteiger partial charge in [-0.15, -0.1) is 12.4 Å². The molecule has 0 aliphatic carbocycles. The van der Waals surface area contributed by atoms with Crippen molar-refractivity contribution in [1.82, 2.24) is 10.2 Å². The summed E-state index contributed by atoms with van der Waals surface area (Å²) in [7, 11) is 3.53. The highest BCUT2D eigenvalue weighted by atomic mass is 35.5. The summed E-state index contributed by atoms with van der Waals surface area (Å²) in [6, 6.07) is 6.12. The standard InChI is InChI=1S/C13H19N3O4.ClH/c1-14-8-9-15(2)13(17)7-10-20-12-6-4-3-5-11(12)16(18)19;/h3-6,14H,7-10H2,1-2H3;1H. The number of nitro benzene ring substituents is 1. The Morgan fingerprint density at radius 2 is 2.10 bits per heavy atom. The first-order chi connectivity index (χ1) is 9.56. The van der Waals surface area contributed by atoms with E-state index < -0.39 is 4.92 Å². The zero-order chi connectivity index (χ0) is 15.0. The molecular formula is C13H20ClN3O4. The van der Waals surface area contributed by atoms with Gasteiger partial charge in [0.1, 0.15) is 0 Å². The van der Waals surface area contributed by atoms with Crippen LogP contribution >= 0.6 is 12.4 Å². The number of halogens is 1. The SMILES string of the molecule is CNCCN(C)C(=O)CCOc1ccccc1[N+](=O)[O-].Cl. The van der Waals surface area contributed by atoms with Crippen LogP contribution in [-0.4, -0.2) is 49.5 Å². The average Bonchev–Trinajstić information content (AvgIpc) is 2.44. The maximum Gasteiger partial charge on any atom is 0.310 e. The number of rotatable bonds is 8. The second kappa shape index (κ2) is 9.95. The summed E-state index contributed by atoms with van der Waals surface area (Å²) < 4.78 is 5.32. The van der Waals surface area contributed by atoms with Crippen molar-refractivity contribution >= 4 is 24.0 Å². The summed E-state index contributed by atoms with van der Waals surface area (Å²) in [6.45, 7) is 1.45. The molecule has 1 aromatic carbocycles. The molecule has 118 valence electrons. The van der Waals surface area contributed by atoms with E-state index in [-0.39, 0.29) is 42.8 Å². The van der Waals surface area contributed by atoms with Crippen molar-refractivity contribution in [2.24, 2.45) is 0 Å². The Labute approximate surface area is 129 Å². The number of nitro groups is 1. The maximum atomic E-state index is 11.7. The molecule has 0 spiro atoms. The largest absolute Gasteiger partial charge is 0.486 e. The number of benzene rings is 1. The molecule has 1 aromatic rings. The number of hydrogen-bond donors (Lipinski definition) is 1. The van der Waals surface area contributed by atoms with Gasteiger partial charge >= 0.3 is 5.69 Å². The molecule has 0 radical (unpaired) electrons. The molecule has 21 heavy (non-hydrogen) atoms. The monoisotopic (exact) mass is 317 g/mol. The second-order valence-electron chi connectivity index (χ2n) is 4.24. The molecule has 7 nitrogen and oxygen atoms in total. The summed E-state index contributed by atoms with van der Waals surface area (Å²) in [6.07, 6.45) is 0.187. The maximum absolute atomic E-state index is 11.7. The van der Waals surface area contributed by atoms with E-state index in [2.05, 4.69) is 5.32 Å². The molecule has 0 saturated heterocycles. The molecule has 0 aliphatic heterocycles. The number of ether oxygens (including phenoxy) is 1. The van der Waals surface area contributed by atoms with Gasteiger partial charge in [0.2, 0.25) is 5.91 Å². The van der Waals surface area contributed by atoms with Crippen LogP contribution in [0.25, 0.3) is 0 Å². The first-order valence-electron chi connectivity index (χ1n) is 6.31. The Kier molecular flexibility index (Phi) is 9.07. The van der Waals surface area contributed by atoms with Gasteiger partial charge < -0.3 is 15.0 Å². The molecule has 1 N–H and O–H groups in total. The van der Waals surface area contributed by atoms with Crippen LogP contribution < -0.4 is 10.1 Å². The molecule has 1 amide bonds. The Morgan fingerprint density at radius 1 is 1.43 bits per heavy atom. The molecule has 0 heterocycles. The Morgan fingerprint density at radius 3 is 2.71 bits per heavy atom. The van der Waals surface area contributed by atoms with Gasteiger partial charge in [-0.25, -0.2) is 0 Å². The van der Waals surface area contributed by atoms with E-state index >= 15 is 0 Å². The lowest BCUT2D eigenvalue weighted by Gasteiger charge is -2.16. The lowest BCUT2D eigenvalue weighted by Crippen LogP contribution is -2.33. The second-order valence-corrected chi connectivity index (χ2v) is 4.24. The van der Waals surface area contributed by atoms with E-state index in [4.69, 9.17) is 4.74 Å². The van der Waals surface area contributed by atoms with Crippen molar-refractivity contribution in [3.8, 4) is 5.75 Å². The molecular weight excluding hydrogens is 298 g/mol. The number of carbonyl (C=O) groups is 1. The highest BCUT2D eigenvalue weighted by Gasteiger charge is 2.14. The number of hydrogen-bond acceptors (Lipinski definition) is 5. The van der Waals surface area contributed by atoms with Crippen LogP contribution in [0.3, 0.4) is 0 Å². The molecule has 0 aromatic heterocycles. The first-order valence-corrected chi connectivity index (χ1v) is 6.31. The molecule has 0 unspecified atom stereocenters. The number of nitrogens with one attached hydrogen (secondary N) is 1. The van der Waals surface area contributed by atoms with Crippen molar-refractivity contribution in [2.45, 2.75) is 6.42 Å². The molecule has 1 rings (SSSR count). The minimum Gasteiger partial charge on any atom is -0.486 e. The minimum absolute atomic E-state index is 0. The first kappa shape index (κ1) is 19.1. The number of amides is 1. The molecule has 0 saturated carbocycles. The lowest BCUT2D eigenvalue weighted by atomic mass is 10.3. The van der Waals surface area contributed by atoms with Crippen LogP contribution in [0, 0.1) is 10.1 Å². The quantitative estimate of drug-likeness (QED) is 0.579. The van der Waals surface area contributed by atoms with Gasteiger partial charge in [-0.2, -0.15) is 0 Å². The molecule has 0 bridgehead atoms. The summed E-state index contributed by atoms with van der Waals surface area (Å²) in [5, 5.41) is 13.7. The van der Waals surface area contributed by atoms with Crippen LogP contribution in [0.15, 0.2) is 24.3 Å². The average molecular weight is 318 g/mol. The van der Waals surface area contributed by atoms with Crippen molar-refractivity contribution in [2.75, 3.05) is 33.8 Å². The van der Waals surface area contributed by atoms with Crippen LogP contribution in [-0.2, 0) is 4.79 Å². The van der Waals surface area contributed by atoms with Crippen LogP contribution in [0.2, 0.25) is 0 Å². The predicted octanol–water partition coefficient (Wildman–Crippen LogP) is 1.46. The highest BCUT2D eigenvalue weighted by Crippen LogP contribution is 2.25. The molecule has 8 heteroatoms. The van der Waals surface area contributed by atoms with Gasteiger partial charge in [0.25, 0.3) is 0 Å². The fraction of sp³-hybridized carbons (Fsp3) is 0.462. The minimum atomic E-state index is -0.504. The van der Waals surface area contributed by atoms with Crippen molar-refractivity contribution in [3.05, 3.63) is 34.4 Å². The fourth-order valence-corrected chi connectivity index (χ4v) is 1.57. The molecule has 0 atom stereocenters. The smallest absolute Gasteiger partial charge is 0.310 e. The van der Waals surface area contributed by atoms with Crippen LogP contribution in [0.1, 0.15) is 6.42 Å². The molecule has 0 aliphatic rings. The van der Waals surface area contributed by atoms with E-state index in [1.807, 2.05) is 7.05 Å². The highest BCUT2D eigenvalue weighted by molar-refractivity contribution is 5.85. The topological polar surface area (TPSA) is 84.7 Å². The fourth-order valence-electron chi connectivity index (χ4n) is 1.57. The zero-order valence-electron chi connectivity index (χ0n) is 12.1. The third-order valence-corrected chi connectivity index (χ3v) is 2.76. The van der Waals surface area contributed by atoms with Crippen LogP contribution in [0.5, 0.6) is 5.75 Å². The van der Waals surface area contributed by atoms with Crippen molar-refractivity contribution < 1.29 is 14.5 Å². The summed E-state index contributed by atoms with van der Waals surface area (Å²) in [4.78, 5) is 23.6. The van der Waals surface area contributed by atoms with E-state index in [0.29, 0.717) is 13.1 Å². The Hall–Kier alpha value is -1.86. The van der Waals surface area contributed by atoms with E-state index in [0.717, 1.165) is 0 Å². The van der Waals surface area contributed by atoms with Crippen molar-refractivity contribution in [1.29, 1.82) is 0 Å². The van der Waals surface area contributed by atoms with E-state index in [1.54, 1.807) is 24.1 Å². The third kappa shape index (κ3) is 6.42. The normalized spacial score (nSPS) is 9.62. The Bertz CT molecular complexity index is 470. The third-order valence-electron chi connectivity index (χ3n) is 2.76. The molecule has 0 fully saturated rings. The van der Waals surface area contributed by atoms with Gasteiger partial charge in [-0.05, 0) is 13.1 Å². The summed E-state index contributed by atoms with van der Waals surface area (Å²) in [5.74, 6) is 0.127. The van der Waals surface area contributed by atoms with Crippen molar-refractivity contribution in [3.63, 3.8) is 0 Å². The number of likely N-dealkylation sites (N-methyl/N-ethyl adjacent to an activating group) is 2. The van der Waals surface area contributed by atoms with Gasteiger partial charge in [0, 0.05) is 26.2 Å². The lowest BCUT2D eigenvalue weighted by molar-refractivity contribution is -0.385. The van der Waals surface area contributed by atoms with Gasteiger partial charge in [0.05, 0.1) is 18.0 Å². The van der Waals surface area contributed by atoms with Gasteiger partial charge in [-0.3, -0.25) is 14.9 Å². The zero-order valence-corrected chi connectivity index (χ0v) is 12.9. The Balaban J connectivity index is 0.00000400. The number of carbonyl (C=O) groups excluding carboxylic acids is 1. The summed E-state index contributed by atoms with van der Waals surface area (Å²) in [5.41, 5.74) is -0.0940.